The van der Waals surface area contributed by atoms with Crippen molar-refractivity contribution in [3.63, 3.8) is 0 Å². The first-order valence-electron chi connectivity index (χ1n) is 8.89. The van der Waals surface area contributed by atoms with Crippen molar-refractivity contribution in [3.8, 4) is 0 Å². The summed E-state index contributed by atoms with van der Waals surface area (Å²) in [5, 5.41) is 6.43. The normalized spacial score (nSPS) is 14.9. The standard InChI is InChI=1S/C23H22N2.V/c1-3-17-13-16(2)19(14-22(17)24)15-25-23(11-12-23)21-10-6-8-18-7-4-5-9-20(18)21;/h3-10,13-14,25H,1,11-12,24H2,2H3;. The van der Waals surface area contributed by atoms with Gasteiger partial charge in [-0.15, -0.1) is 0 Å². The van der Waals surface area contributed by atoms with Crippen LogP contribution in [-0.4, -0.2) is 4.35 Å². The van der Waals surface area contributed by atoms with Gasteiger partial charge in [-0.25, -0.2) is 0 Å². The molecule has 0 spiro atoms. The Morgan fingerprint density at radius 2 is 1.88 bits per heavy atom. The Kier molecular flexibility index (Phi) is 4.36. The summed E-state index contributed by atoms with van der Waals surface area (Å²) in [7, 11) is 0. The SMILES string of the molecule is C=Cc1cc(C)c([C](=[V])NC2(c3cccc4ccccc34)CC2)cc1N. The summed E-state index contributed by atoms with van der Waals surface area (Å²) in [6.45, 7) is 5.96. The molecule has 0 unspecified atom stereocenters. The van der Waals surface area contributed by atoms with Gasteiger partial charge in [-0.2, -0.15) is 0 Å². The van der Waals surface area contributed by atoms with Gasteiger partial charge in [-0.3, -0.25) is 0 Å². The molecular formula is C23H22N2V. The van der Waals surface area contributed by atoms with Gasteiger partial charge in [0.05, 0.1) is 0 Å². The molecule has 0 heterocycles. The first kappa shape index (κ1) is 17.3. The Morgan fingerprint density at radius 1 is 1.15 bits per heavy atom. The van der Waals surface area contributed by atoms with Crippen molar-refractivity contribution < 1.29 is 17.0 Å². The molecule has 0 bridgehead atoms. The summed E-state index contributed by atoms with van der Waals surface area (Å²) in [6, 6.07) is 19.4. The van der Waals surface area contributed by atoms with Crippen molar-refractivity contribution in [3.05, 3.63) is 83.4 Å². The molecule has 1 fully saturated rings. The zero-order valence-electron chi connectivity index (χ0n) is 14.9. The maximum atomic E-state index is 6.18. The Morgan fingerprint density at radius 3 is 2.62 bits per heavy atom. The second-order valence-electron chi connectivity index (χ2n) is 7.08. The van der Waals surface area contributed by atoms with Gasteiger partial charge in [0.25, 0.3) is 0 Å². The number of nitrogen functional groups attached to an aromatic ring is 1. The first-order chi connectivity index (χ1) is 12.5. The summed E-state index contributed by atoms with van der Waals surface area (Å²) >= 11 is 2.70. The Balaban J connectivity index is 1.70. The van der Waals surface area contributed by atoms with Gasteiger partial charge >= 0.3 is 164 Å². The van der Waals surface area contributed by atoms with Crippen LogP contribution in [-0.2, 0) is 22.5 Å². The zero-order valence-corrected chi connectivity index (χ0v) is 16.3. The monoisotopic (exact) mass is 377 g/mol. The number of hydrogen-bond acceptors (Lipinski definition) is 2. The molecule has 3 aromatic rings. The molecule has 0 radical (unpaired) electrons. The van der Waals surface area contributed by atoms with E-state index in [1.807, 2.05) is 12.1 Å². The molecule has 0 aliphatic heterocycles. The molecule has 0 amide bonds. The molecule has 0 atom stereocenters. The number of rotatable bonds is 5. The predicted molar refractivity (Wildman–Crippen MR) is 108 cm³/mol. The fraction of sp³-hybridized carbons (Fsp3) is 0.174. The molecule has 4 rings (SSSR count). The number of hydrogen-bond donors (Lipinski definition) is 2. The Bertz CT molecular complexity index is 1030. The van der Waals surface area contributed by atoms with Crippen LogP contribution in [0.4, 0.5) is 5.69 Å². The molecule has 3 N–H and O–H groups in total. The second kappa shape index (κ2) is 6.55. The fourth-order valence-corrected chi connectivity index (χ4v) is 4.41. The number of fused-ring (bicyclic) bond motifs is 1. The summed E-state index contributed by atoms with van der Waals surface area (Å²) < 4.78 is 1.11. The van der Waals surface area contributed by atoms with E-state index >= 15 is 0 Å². The third kappa shape index (κ3) is 2.95. The molecule has 2 nitrogen and oxygen atoms in total. The van der Waals surface area contributed by atoms with E-state index in [-0.39, 0.29) is 5.54 Å². The molecule has 3 aromatic carbocycles. The molecule has 1 aliphatic carbocycles. The van der Waals surface area contributed by atoms with Gasteiger partial charge in [0, 0.05) is 0 Å². The van der Waals surface area contributed by atoms with Crippen molar-refractivity contribution in [2.24, 2.45) is 0 Å². The van der Waals surface area contributed by atoms with Gasteiger partial charge in [0.15, 0.2) is 0 Å². The van der Waals surface area contributed by atoms with Crippen LogP contribution in [0.3, 0.4) is 0 Å². The third-order valence-electron chi connectivity index (χ3n) is 5.32. The summed E-state index contributed by atoms with van der Waals surface area (Å²) in [5.41, 5.74) is 11.7. The van der Waals surface area contributed by atoms with Crippen LogP contribution in [0.1, 0.15) is 35.1 Å². The van der Waals surface area contributed by atoms with Crippen LogP contribution in [0.25, 0.3) is 16.8 Å². The molecular weight excluding hydrogens is 355 g/mol. The van der Waals surface area contributed by atoms with Crippen LogP contribution in [0.5, 0.6) is 0 Å². The molecule has 1 aliphatic rings. The van der Waals surface area contributed by atoms with Crippen LogP contribution in [0.15, 0.2) is 61.2 Å². The van der Waals surface area contributed by atoms with Crippen LogP contribution >= 0.6 is 0 Å². The Hall–Kier alpha value is -2.13. The molecule has 3 heteroatoms. The van der Waals surface area contributed by atoms with Gasteiger partial charge in [0.1, 0.15) is 0 Å². The molecule has 0 aromatic heterocycles. The quantitative estimate of drug-likeness (QED) is 0.634. The number of benzene rings is 3. The Labute approximate surface area is 163 Å². The zero-order chi connectivity index (χ0) is 18.3. The topological polar surface area (TPSA) is 38.0 Å². The fourth-order valence-electron chi connectivity index (χ4n) is 3.70. The second-order valence-corrected chi connectivity index (χ2v) is 7.78. The van der Waals surface area contributed by atoms with Crippen molar-refractivity contribution >= 4 is 26.9 Å². The van der Waals surface area contributed by atoms with Gasteiger partial charge < -0.3 is 0 Å². The van der Waals surface area contributed by atoms with Crippen molar-refractivity contribution in [1.82, 2.24) is 5.32 Å². The molecule has 1 saturated carbocycles. The third-order valence-corrected chi connectivity index (χ3v) is 5.87. The van der Waals surface area contributed by atoms with E-state index in [2.05, 4.69) is 84.3 Å². The van der Waals surface area contributed by atoms with Crippen molar-refractivity contribution in [1.29, 1.82) is 0 Å². The predicted octanol–water partition coefficient (Wildman–Crippen LogP) is 4.68. The van der Waals surface area contributed by atoms with Crippen LogP contribution < -0.4 is 11.1 Å². The van der Waals surface area contributed by atoms with Crippen molar-refractivity contribution in [2.45, 2.75) is 25.3 Å². The summed E-state index contributed by atoms with van der Waals surface area (Å²) in [4.78, 5) is 0. The number of nitrogens with two attached hydrogens (primary N) is 1. The minimum atomic E-state index is 0.0154. The van der Waals surface area contributed by atoms with E-state index < -0.39 is 0 Å². The summed E-state index contributed by atoms with van der Waals surface area (Å²) in [5.74, 6) is 0. The van der Waals surface area contributed by atoms with Crippen molar-refractivity contribution in [2.75, 3.05) is 5.73 Å². The number of aryl methyl sites for hydroxylation is 1. The van der Waals surface area contributed by atoms with E-state index in [9.17, 15) is 0 Å². The van der Waals surface area contributed by atoms with Gasteiger partial charge in [-0.1, -0.05) is 0 Å². The number of anilines is 1. The van der Waals surface area contributed by atoms with Crippen LogP contribution in [0, 0.1) is 6.92 Å². The molecule has 0 saturated heterocycles. The maximum absolute atomic E-state index is 6.18. The molecule has 129 valence electrons. The van der Waals surface area contributed by atoms with E-state index in [1.165, 1.54) is 21.9 Å². The van der Waals surface area contributed by atoms with Gasteiger partial charge in [0.2, 0.25) is 0 Å². The summed E-state index contributed by atoms with van der Waals surface area (Å²) in [6.07, 6.45) is 4.09. The minimum absolute atomic E-state index is 0.0154. The number of nitrogens with one attached hydrogen (secondary N) is 1. The van der Waals surface area contributed by atoms with E-state index in [0.29, 0.717) is 0 Å². The van der Waals surface area contributed by atoms with Gasteiger partial charge in [-0.05, 0) is 0 Å². The van der Waals surface area contributed by atoms with E-state index in [0.717, 1.165) is 34.0 Å². The van der Waals surface area contributed by atoms with Crippen LogP contribution in [0.2, 0.25) is 0 Å². The van der Waals surface area contributed by atoms with E-state index in [1.54, 1.807) is 0 Å². The average Bonchev–Trinajstić information content (AvgIpc) is 3.43. The molecule has 26 heavy (non-hydrogen) atoms. The average molecular weight is 377 g/mol. The first-order valence-corrected chi connectivity index (χ1v) is 9.59. The van der Waals surface area contributed by atoms with E-state index in [4.69, 9.17) is 5.73 Å².